The van der Waals surface area contributed by atoms with Gasteiger partial charge >= 0.3 is 5.97 Å². The zero-order chi connectivity index (χ0) is 14.1. The zero-order valence-corrected chi connectivity index (χ0v) is 12.3. The number of aliphatic imine (C=N–C) groups is 1. The van der Waals surface area contributed by atoms with E-state index in [4.69, 9.17) is 0 Å². The number of ether oxygens (including phenoxy) is 1. The van der Waals surface area contributed by atoms with Gasteiger partial charge in [-0.3, -0.25) is 9.79 Å². The van der Waals surface area contributed by atoms with E-state index in [2.05, 4.69) is 25.3 Å². The molecule has 0 unspecified atom stereocenters. The van der Waals surface area contributed by atoms with Crippen molar-refractivity contribution < 1.29 is 9.53 Å². The van der Waals surface area contributed by atoms with Crippen molar-refractivity contribution in [2.75, 3.05) is 27.2 Å². The second-order valence-corrected chi connectivity index (χ2v) is 5.19. The summed E-state index contributed by atoms with van der Waals surface area (Å²) < 4.78 is 4.56. The molecular weight excluding hydrogens is 264 g/mol. The second-order valence-electron chi connectivity index (χ2n) is 3.87. The zero-order valence-electron chi connectivity index (χ0n) is 11.5. The lowest BCUT2D eigenvalue weighted by Crippen LogP contribution is -2.39. The van der Waals surface area contributed by atoms with Crippen LogP contribution >= 0.6 is 11.3 Å². The van der Waals surface area contributed by atoms with Crippen molar-refractivity contribution in [2.24, 2.45) is 4.99 Å². The van der Waals surface area contributed by atoms with Crippen LogP contribution in [-0.2, 0) is 16.0 Å². The maximum atomic E-state index is 11.0. The van der Waals surface area contributed by atoms with Crippen LogP contribution in [0, 0.1) is 6.92 Å². The SMILES string of the molecule is CN=C(NCCC(=O)OC)NCCc1ncc(C)s1. The summed E-state index contributed by atoms with van der Waals surface area (Å²) in [5.74, 6) is 0.443. The molecule has 19 heavy (non-hydrogen) atoms. The molecule has 0 amide bonds. The van der Waals surface area contributed by atoms with Crippen LogP contribution in [0.1, 0.15) is 16.3 Å². The minimum atomic E-state index is -0.235. The average molecular weight is 284 g/mol. The molecule has 0 saturated carbocycles. The molecular formula is C12H20N4O2S. The number of methoxy groups -OCH3 is 1. The van der Waals surface area contributed by atoms with Gasteiger partial charge in [-0.2, -0.15) is 0 Å². The predicted molar refractivity (Wildman–Crippen MR) is 76.6 cm³/mol. The first kappa shape index (κ1) is 15.4. The fourth-order valence-corrected chi connectivity index (χ4v) is 2.20. The molecule has 6 nitrogen and oxygen atoms in total. The quantitative estimate of drug-likeness (QED) is 0.457. The highest BCUT2D eigenvalue weighted by Crippen LogP contribution is 2.10. The first-order valence-electron chi connectivity index (χ1n) is 6.08. The van der Waals surface area contributed by atoms with Crippen molar-refractivity contribution in [3.05, 3.63) is 16.1 Å². The molecule has 0 radical (unpaired) electrons. The molecule has 7 heteroatoms. The van der Waals surface area contributed by atoms with E-state index in [1.807, 2.05) is 13.1 Å². The number of esters is 1. The molecule has 1 aromatic rings. The maximum absolute atomic E-state index is 11.0. The molecule has 1 heterocycles. The average Bonchev–Trinajstić information content (AvgIpc) is 2.82. The van der Waals surface area contributed by atoms with Gasteiger partial charge in [0.25, 0.3) is 0 Å². The van der Waals surface area contributed by atoms with E-state index >= 15 is 0 Å². The van der Waals surface area contributed by atoms with Crippen LogP contribution in [0.2, 0.25) is 0 Å². The fraction of sp³-hybridized carbons (Fsp3) is 0.583. The Hall–Kier alpha value is -1.63. The van der Waals surface area contributed by atoms with Crippen molar-refractivity contribution in [3.63, 3.8) is 0 Å². The molecule has 0 aromatic carbocycles. The summed E-state index contributed by atoms with van der Waals surface area (Å²) in [6.45, 7) is 3.30. The molecule has 0 saturated heterocycles. The van der Waals surface area contributed by atoms with Gasteiger partial charge in [0.1, 0.15) is 0 Å². The van der Waals surface area contributed by atoms with Gasteiger partial charge < -0.3 is 15.4 Å². The van der Waals surface area contributed by atoms with Crippen LogP contribution in [0.15, 0.2) is 11.2 Å². The van der Waals surface area contributed by atoms with E-state index < -0.39 is 0 Å². The highest BCUT2D eigenvalue weighted by molar-refractivity contribution is 7.11. The molecule has 0 fully saturated rings. The van der Waals surface area contributed by atoms with Crippen LogP contribution in [0.25, 0.3) is 0 Å². The van der Waals surface area contributed by atoms with E-state index in [-0.39, 0.29) is 5.97 Å². The Labute approximate surface area is 117 Å². The Morgan fingerprint density at radius 1 is 1.47 bits per heavy atom. The first-order valence-corrected chi connectivity index (χ1v) is 6.90. The summed E-state index contributed by atoms with van der Waals surface area (Å²) >= 11 is 1.70. The van der Waals surface area contributed by atoms with Crippen molar-refractivity contribution >= 4 is 23.3 Å². The first-order chi connectivity index (χ1) is 9.15. The summed E-state index contributed by atoms with van der Waals surface area (Å²) in [6.07, 6.45) is 3.06. The third-order valence-electron chi connectivity index (χ3n) is 2.37. The number of nitrogens with one attached hydrogen (secondary N) is 2. The van der Waals surface area contributed by atoms with Crippen LogP contribution in [0.4, 0.5) is 0 Å². The van der Waals surface area contributed by atoms with E-state index in [1.54, 1.807) is 18.4 Å². The van der Waals surface area contributed by atoms with Gasteiger partial charge in [0.15, 0.2) is 5.96 Å². The van der Waals surface area contributed by atoms with Crippen LogP contribution < -0.4 is 10.6 Å². The van der Waals surface area contributed by atoms with Gasteiger partial charge in [0.2, 0.25) is 0 Å². The fourth-order valence-electron chi connectivity index (χ4n) is 1.41. The van der Waals surface area contributed by atoms with Crippen LogP contribution in [0.5, 0.6) is 0 Å². The molecule has 0 spiro atoms. The lowest BCUT2D eigenvalue weighted by molar-refractivity contribution is -0.140. The summed E-state index contributed by atoms with van der Waals surface area (Å²) in [6, 6.07) is 0. The number of guanidine groups is 1. The number of hydrogen-bond acceptors (Lipinski definition) is 5. The Balaban J connectivity index is 2.20. The highest BCUT2D eigenvalue weighted by Gasteiger charge is 2.02. The van der Waals surface area contributed by atoms with Gasteiger partial charge in [-0.15, -0.1) is 11.3 Å². The smallest absolute Gasteiger partial charge is 0.307 e. The largest absolute Gasteiger partial charge is 0.469 e. The standard InChI is InChI=1S/C12H20N4O2S/c1-9-8-16-10(19-9)4-6-14-12(13-2)15-7-5-11(17)18-3/h8H,4-7H2,1-3H3,(H2,13,14,15). The lowest BCUT2D eigenvalue weighted by atomic mass is 10.4. The minimum Gasteiger partial charge on any atom is -0.469 e. The van der Waals surface area contributed by atoms with Gasteiger partial charge in [0.05, 0.1) is 18.5 Å². The van der Waals surface area contributed by atoms with Gasteiger partial charge in [-0.1, -0.05) is 0 Å². The Kier molecular flexibility index (Phi) is 6.88. The predicted octanol–water partition coefficient (Wildman–Crippen LogP) is 0.722. The number of nitrogens with zero attached hydrogens (tertiary/aromatic N) is 2. The Morgan fingerprint density at radius 3 is 2.79 bits per heavy atom. The van der Waals surface area contributed by atoms with E-state index in [9.17, 15) is 4.79 Å². The topological polar surface area (TPSA) is 75.6 Å². The van der Waals surface area contributed by atoms with Gasteiger partial charge in [-0.25, -0.2) is 4.98 Å². The van der Waals surface area contributed by atoms with E-state index in [0.29, 0.717) is 18.9 Å². The number of rotatable bonds is 6. The number of carbonyl (C=O) groups excluding carboxylic acids is 1. The number of carbonyl (C=O) groups is 1. The van der Waals surface area contributed by atoms with Crippen LogP contribution in [0.3, 0.4) is 0 Å². The number of thiazole rings is 1. The van der Waals surface area contributed by atoms with Crippen molar-refractivity contribution in [1.29, 1.82) is 0 Å². The van der Waals surface area contributed by atoms with Crippen LogP contribution in [-0.4, -0.2) is 44.2 Å². The minimum absolute atomic E-state index is 0.235. The molecule has 106 valence electrons. The maximum Gasteiger partial charge on any atom is 0.307 e. The summed E-state index contributed by atoms with van der Waals surface area (Å²) in [4.78, 5) is 20.5. The monoisotopic (exact) mass is 284 g/mol. The Bertz CT molecular complexity index is 431. The molecule has 2 N–H and O–H groups in total. The van der Waals surface area contributed by atoms with Gasteiger partial charge in [-0.05, 0) is 6.92 Å². The normalized spacial score (nSPS) is 11.2. The summed E-state index contributed by atoms with van der Waals surface area (Å²) in [5.41, 5.74) is 0. The highest BCUT2D eigenvalue weighted by atomic mass is 32.1. The summed E-state index contributed by atoms with van der Waals surface area (Å²) in [5, 5.41) is 7.33. The van der Waals surface area contributed by atoms with Crippen molar-refractivity contribution in [2.45, 2.75) is 19.8 Å². The summed E-state index contributed by atoms with van der Waals surface area (Å²) in [7, 11) is 3.08. The molecule has 1 rings (SSSR count). The third kappa shape index (κ3) is 6.19. The van der Waals surface area contributed by atoms with Gasteiger partial charge in [0, 0.05) is 37.6 Å². The molecule has 1 aromatic heterocycles. The Morgan fingerprint density at radius 2 is 2.21 bits per heavy atom. The number of aromatic nitrogens is 1. The lowest BCUT2D eigenvalue weighted by Gasteiger charge is -2.10. The van der Waals surface area contributed by atoms with E-state index in [0.717, 1.165) is 18.0 Å². The molecule has 0 aliphatic carbocycles. The molecule has 0 atom stereocenters. The van der Waals surface area contributed by atoms with E-state index in [1.165, 1.54) is 12.0 Å². The molecule has 0 aliphatic rings. The third-order valence-corrected chi connectivity index (χ3v) is 3.35. The molecule has 0 aliphatic heterocycles. The number of hydrogen-bond donors (Lipinski definition) is 2. The van der Waals surface area contributed by atoms with Crippen molar-refractivity contribution in [3.8, 4) is 0 Å². The molecule has 0 bridgehead atoms. The second kappa shape index (κ2) is 8.47. The van der Waals surface area contributed by atoms with Crippen molar-refractivity contribution in [1.82, 2.24) is 15.6 Å². The number of aryl methyl sites for hydroxylation is 1.